The van der Waals surface area contributed by atoms with Crippen LogP contribution in [-0.4, -0.2) is 25.4 Å². The lowest BCUT2D eigenvalue weighted by atomic mass is 10.1. The second kappa shape index (κ2) is 8.27. The van der Waals surface area contributed by atoms with Gasteiger partial charge in [-0.1, -0.05) is 30.8 Å². The van der Waals surface area contributed by atoms with Crippen LogP contribution in [0.4, 0.5) is 4.39 Å². The van der Waals surface area contributed by atoms with Crippen molar-refractivity contribution in [2.75, 3.05) is 19.7 Å². The van der Waals surface area contributed by atoms with Crippen molar-refractivity contribution in [2.45, 2.75) is 18.2 Å². The van der Waals surface area contributed by atoms with E-state index in [1.165, 1.54) is 25.3 Å². The number of rotatable bonds is 7. The smallest absolute Gasteiger partial charge is 0.189 e. The normalized spacial score (nSPS) is 12.7. The van der Waals surface area contributed by atoms with E-state index in [-0.39, 0.29) is 11.5 Å². The van der Waals surface area contributed by atoms with Gasteiger partial charge in [0.2, 0.25) is 0 Å². The largest absolute Gasteiger partial charge is 0.494 e. The molecule has 0 aromatic heterocycles. The highest BCUT2D eigenvalue weighted by atomic mass is 32.2. The van der Waals surface area contributed by atoms with E-state index in [9.17, 15) is 9.18 Å². The van der Waals surface area contributed by atoms with E-state index in [0.717, 1.165) is 11.3 Å². The van der Waals surface area contributed by atoms with Crippen molar-refractivity contribution < 1.29 is 23.4 Å². The molecule has 2 aromatic rings. The van der Waals surface area contributed by atoms with Gasteiger partial charge in [-0.05, 0) is 42.3 Å². The van der Waals surface area contributed by atoms with Crippen molar-refractivity contribution in [1.82, 2.24) is 0 Å². The van der Waals surface area contributed by atoms with E-state index >= 15 is 0 Å². The Bertz CT molecular complexity index is 848. The Hall–Kier alpha value is -2.47. The molecule has 0 amide bonds. The van der Waals surface area contributed by atoms with E-state index in [2.05, 4.69) is 0 Å². The Balaban J connectivity index is 1.85. The van der Waals surface area contributed by atoms with E-state index in [4.69, 9.17) is 14.2 Å². The van der Waals surface area contributed by atoms with E-state index < -0.39 is 5.82 Å². The third-order valence-electron chi connectivity index (χ3n) is 3.80. The summed E-state index contributed by atoms with van der Waals surface area (Å²) >= 11 is 1.57. The van der Waals surface area contributed by atoms with Gasteiger partial charge in [-0.2, -0.15) is 0 Å². The zero-order chi connectivity index (χ0) is 18.5. The minimum Gasteiger partial charge on any atom is -0.494 e. The summed E-state index contributed by atoms with van der Waals surface area (Å²) in [5.41, 5.74) is 1.01. The lowest BCUT2D eigenvalue weighted by molar-refractivity contribution is 0.104. The van der Waals surface area contributed by atoms with Gasteiger partial charge in [-0.3, -0.25) is 4.79 Å². The predicted octanol–water partition coefficient (Wildman–Crippen LogP) is 4.96. The lowest BCUT2D eigenvalue weighted by Crippen LogP contribution is -2.03. The zero-order valence-electron chi connectivity index (χ0n) is 14.6. The van der Waals surface area contributed by atoms with Crippen LogP contribution in [0.1, 0.15) is 29.3 Å². The Morgan fingerprint density at radius 2 is 2.15 bits per heavy atom. The van der Waals surface area contributed by atoms with Crippen LogP contribution in [0.3, 0.4) is 0 Å². The van der Waals surface area contributed by atoms with Crippen molar-refractivity contribution >= 4 is 23.6 Å². The van der Waals surface area contributed by atoms with Gasteiger partial charge in [0.05, 0.1) is 24.2 Å². The second-order valence-electron chi connectivity index (χ2n) is 5.64. The van der Waals surface area contributed by atoms with Crippen LogP contribution in [0.5, 0.6) is 17.2 Å². The van der Waals surface area contributed by atoms with Crippen LogP contribution in [0.25, 0.3) is 6.08 Å². The monoisotopic (exact) mass is 374 g/mol. The zero-order valence-corrected chi connectivity index (χ0v) is 15.4. The fourth-order valence-electron chi connectivity index (χ4n) is 2.50. The Morgan fingerprint density at radius 1 is 1.31 bits per heavy atom. The van der Waals surface area contributed by atoms with Crippen LogP contribution in [-0.2, 0) is 0 Å². The van der Waals surface area contributed by atoms with Crippen LogP contribution in [0, 0.1) is 5.82 Å². The molecule has 0 bridgehead atoms. The molecule has 6 heteroatoms. The number of ether oxygens (including phenoxy) is 3. The molecule has 0 spiro atoms. The maximum Gasteiger partial charge on any atom is 0.189 e. The standard InChI is InChI=1S/C20H19FO4S/c1-3-8-24-18-11-20-19(25-12-26-20)10-14(18)16(22)6-4-13-5-7-17(23-2)15(21)9-13/h4-7,9-11H,3,8,12H2,1-2H3/b6-4+. The van der Waals surface area contributed by atoms with Gasteiger partial charge in [-0.25, -0.2) is 4.39 Å². The minimum atomic E-state index is -0.475. The molecule has 26 heavy (non-hydrogen) atoms. The summed E-state index contributed by atoms with van der Waals surface area (Å²) in [6.45, 7) is 2.53. The van der Waals surface area contributed by atoms with Gasteiger partial charge in [0, 0.05) is 0 Å². The fourth-order valence-corrected chi connectivity index (χ4v) is 3.26. The predicted molar refractivity (Wildman–Crippen MR) is 99.9 cm³/mol. The maximum absolute atomic E-state index is 13.8. The summed E-state index contributed by atoms with van der Waals surface area (Å²) in [5, 5.41) is 0. The molecule has 0 atom stereocenters. The summed E-state index contributed by atoms with van der Waals surface area (Å²) in [6, 6.07) is 8.08. The summed E-state index contributed by atoms with van der Waals surface area (Å²) < 4.78 is 29.9. The molecule has 136 valence electrons. The number of carbonyl (C=O) groups excluding carboxylic acids is 1. The number of hydrogen-bond acceptors (Lipinski definition) is 5. The van der Waals surface area contributed by atoms with Gasteiger partial charge in [0.25, 0.3) is 0 Å². The number of halogens is 1. The number of benzene rings is 2. The molecule has 0 saturated carbocycles. The van der Waals surface area contributed by atoms with Crippen LogP contribution < -0.4 is 14.2 Å². The number of allylic oxidation sites excluding steroid dienone is 1. The number of carbonyl (C=O) groups is 1. The summed E-state index contributed by atoms with van der Waals surface area (Å²) in [7, 11) is 1.41. The van der Waals surface area contributed by atoms with E-state index in [1.54, 1.807) is 30.0 Å². The third kappa shape index (κ3) is 4.02. The molecular formula is C20H19FO4S. The SMILES string of the molecule is CCCOc1cc2c(cc1C(=O)/C=C/c1ccc(OC)c(F)c1)OCS2. The number of methoxy groups -OCH3 is 1. The molecule has 0 radical (unpaired) electrons. The lowest BCUT2D eigenvalue weighted by Gasteiger charge is -2.11. The van der Waals surface area contributed by atoms with E-state index in [1.807, 2.05) is 13.0 Å². The molecule has 0 N–H and O–H groups in total. The maximum atomic E-state index is 13.8. The molecule has 3 rings (SSSR count). The molecule has 0 aliphatic carbocycles. The van der Waals surface area contributed by atoms with Crippen LogP contribution in [0.2, 0.25) is 0 Å². The first-order valence-electron chi connectivity index (χ1n) is 8.24. The molecule has 1 heterocycles. The second-order valence-corrected chi connectivity index (χ2v) is 6.61. The van der Waals surface area contributed by atoms with Gasteiger partial charge in [0.1, 0.15) is 17.4 Å². The molecular weight excluding hydrogens is 355 g/mol. The number of thioether (sulfide) groups is 1. The highest BCUT2D eigenvalue weighted by Crippen LogP contribution is 2.41. The molecule has 4 nitrogen and oxygen atoms in total. The third-order valence-corrected chi connectivity index (χ3v) is 4.67. The summed E-state index contributed by atoms with van der Waals surface area (Å²) in [5.74, 6) is 1.22. The first kappa shape index (κ1) is 18.3. The van der Waals surface area contributed by atoms with Gasteiger partial charge in [0.15, 0.2) is 17.3 Å². The van der Waals surface area contributed by atoms with Crippen LogP contribution in [0.15, 0.2) is 41.3 Å². The van der Waals surface area contributed by atoms with Crippen LogP contribution >= 0.6 is 11.8 Å². The molecule has 2 aromatic carbocycles. The highest BCUT2D eigenvalue weighted by Gasteiger charge is 2.20. The molecule has 1 aliphatic rings. The van der Waals surface area contributed by atoms with E-state index in [0.29, 0.717) is 35.2 Å². The highest BCUT2D eigenvalue weighted by molar-refractivity contribution is 7.99. The van der Waals surface area contributed by atoms with Gasteiger partial charge in [-0.15, -0.1) is 0 Å². The molecule has 0 fully saturated rings. The Labute approximate surface area is 156 Å². The number of fused-ring (bicyclic) bond motifs is 1. The Morgan fingerprint density at radius 3 is 2.88 bits per heavy atom. The molecule has 0 unspecified atom stereocenters. The molecule has 0 saturated heterocycles. The summed E-state index contributed by atoms with van der Waals surface area (Å²) in [6.07, 6.45) is 3.82. The van der Waals surface area contributed by atoms with Crippen molar-refractivity contribution in [3.63, 3.8) is 0 Å². The fraction of sp³-hybridized carbons (Fsp3) is 0.250. The first-order chi connectivity index (χ1) is 12.6. The molecule has 1 aliphatic heterocycles. The minimum absolute atomic E-state index is 0.164. The van der Waals surface area contributed by atoms with Crippen molar-refractivity contribution in [1.29, 1.82) is 0 Å². The Kier molecular flexibility index (Phi) is 5.83. The average Bonchev–Trinajstić information content (AvgIpc) is 3.11. The first-order valence-corrected chi connectivity index (χ1v) is 9.23. The summed E-state index contributed by atoms with van der Waals surface area (Å²) in [4.78, 5) is 13.6. The quantitative estimate of drug-likeness (QED) is 0.506. The topological polar surface area (TPSA) is 44.8 Å². The van der Waals surface area contributed by atoms with Gasteiger partial charge < -0.3 is 14.2 Å². The van der Waals surface area contributed by atoms with Crippen molar-refractivity contribution in [3.05, 3.63) is 53.4 Å². The average molecular weight is 374 g/mol. The van der Waals surface area contributed by atoms with Gasteiger partial charge >= 0.3 is 0 Å². The van der Waals surface area contributed by atoms with Crippen molar-refractivity contribution in [3.8, 4) is 17.2 Å². The number of ketones is 1. The number of hydrogen-bond donors (Lipinski definition) is 0. The van der Waals surface area contributed by atoms with Crippen molar-refractivity contribution in [2.24, 2.45) is 0 Å².